The lowest BCUT2D eigenvalue weighted by molar-refractivity contribution is -0.141. The van der Waals surface area contributed by atoms with E-state index in [1.807, 2.05) is 54.6 Å². The lowest BCUT2D eigenvalue weighted by Gasteiger charge is -2.32. The number of carbonyl (C=O) groups excluding carboxylic acids is 2. The van der Waals surface area contributed by atoms with E-state index in [1.54, 1.807) is 4.90 Å². The molecular weight excluding hydrogens is 524 g/mol. The quantitative estimate of drug-likeness (QED) is 0.285. The molecule has 4 nitrogen and oxygen atoms in total. The van der Waals surface area contributed by atoms with Crippen molar-refractivity contribution < 1.29 is 9.59 Å². The Morgan fingerprint density at radius 2 is 1.57 bits per heavy atom. The highest BCUT2D eigenvalue weighted by molar-refractivity contribution is 9.10. The molecule has 0 saturated heterocycles. The van der Waals surface area contributed by atoms with Gasteiger partial charge in [-0.15, -0.1) is 0 Å². The van der Waals surface area contributed by atoms with Gasteiger partial charge in [0.2, 0.25) is 11.8 Å². The first-order valence-electron chi connectivity index (χ1n) is 13.5. The van der Waals surface area contributed by atoms with Crippen molar-refractivity contribution in [3.63, 3.8) is 0 Å². The minimum atomic E-state index is -0.572. The molecule has 1 N–H and O–H groups in total. The van der Waals surface area contributed by atoms with Crippen molar-refractivity contribution in [3.8, 4) is 0 Å². The third-order valence-corrected chi connectivity index (χ3v) is 7.77. The molecule has 0 unspecified atom stereocenters. The van der Waals surface area contributed by atoms with Crippen molar-refractivity contribution in [1.29, 1.82) is 0 Å². The minimum Gasteiger partial charge on any atom is -0.352 e. The largest absolute Gasteiger partial charge is 0.352 e. The number of rotatable bonds is 11. The first-order valence-corrected chi connectivity index (χ1v) is 14.3. The summed E-state index contributed by atoms with van der Waals surface area (Å²) < 4.78 is 0.962. The number of hydrogen-bond acceptors (Lipinski definition) is 2. The second-order valence-corrected chi connectivity index (χ2v) is 10.9. The first kappa shape index (κ1) is 27.1. The molecule has 1 aliphatic rings. The molecule has 0 bridgehead atoms. The van der Waals surface area contributed by atoms with Crippen LogP contribution >= 0.6 is 15.9 Å². The smallest absolute Gasteiger partial charge is 0.243 e. The summed E-state index contributed by atoms with van der Waals surface area (Å²) >= 11 is 3.56. The highest BCUT2D eigenvalue weighted by Gasteiger charge is 2.32. The summed E-state index contributed by atoms with van der Waals surface area (Å²) in [5.74, 6) is -0.0477. The predicted octanol–water partition coefficient (Wildman–Crippen LogP) is 6.64. The molecule has 2 amide bonds. The Bertz CT molecular complexity index is 1160. The van der Waals surface area contributed by atoms with Crippen LogP contribution in [0.2, 0.25) is 0 Å². The minimum absolute atomic E-state index is 0.00190. The highest BCUT2D eigenvalue weighted by atomic mass is 79.9. The number of nitrogens with zero attached hydrogens (tertiary/aromatic N) is 1. The summed E-state index contributed by atoms with van der Waals surface area (Å²) in [4.78, 5) is 29.4. The lowest BCUT2D eigenvalue weighted by Crippen LogP contribution is -2.52. The zero-order valence-electron chi connectivity index (χ0n) is 21.7. The number of carbonyl (C=O) groups is 2. The first-order chi connectivity index (χ1) is 18.0. The van der Waals surface area contributed by atoms with E-state index in [1.165, 1.54) is 5.56 Å². The van der Waals surface area contributed by atoms with Crippen molar-refractivity contribution in [2.45, 2.75) is 76.9 Å². The molecule has 1 aliphatic carbocycles. The van der Waals surface area contributed by atoms with Crippen molar-refractivity contribution in [2.75, 3.05) is 0 Å². The predicted molar refractivity (Wildman–Crippen MR) is 153 cm³/mol. The van der Waals surface area contributed by atoms with Crippen molar-refractivity contribution >= 4 is 27.7 Å². The zero-order valence-corrected chi connectivity index (χ0v) is 23.3. The van der Waals surface area contributed by atoms with Gasteiger partial charge in [-0.25, -0.2) is 0 Å². The van der Waals surface area contributed by atoms with Gasteiger partial charge in [0.15, 0.2) is 0 Å². The van der Waals surface area contributed by atoms with Crippen LogP contribution in [0.4, 0.5) is 0 Å². The van der Waals surface area contributed by atoms with Crippen molar-refractivity contribution in [2.24, 2.45) is 0 Å². The second-order valence-electron chi connectivity index (χ2n) is 10.0. The molecule has 194 valence electrons. The Kier molecular flexibility index (Phi) is 9.95. The number of amides is 2. The van der Waals surface area contributed by atoms with Crippen LogP contribution in [0.1, 0.15) is 61.3 Å². The number of nitrogens with one attached hydrogen (secondary N) is 1. The van der Waals surface area contributed by atoms with Crippen LogP contribution in [0.15, 0.2) is 83.3 Å². The Morgan fingerprint density at radius 3 is 2.24 bits per heavy atom. The van der Waals surface area contributed by atoms with Crippen LogP contribution in [0.25, 0.3) is 0 Å². The Balaban J connectivity index is 1.59. The second kappa shape index (κ2) is 13.6. The fourth-order valence-corrected chi connectivity index (χ4v) is 5.54. The van der Waals surface area contributed by atoms with E-state index < -0.39 is 6.04 Å². The molecule has 0 aliphatic heterocycles. The number of hydrogen-bond donors (Lipinski definition) is 1. The van der Waals surface area contributed by atoms with E-state index in [-0.39, 0.29) is 17.9 Å². The lowest BCUT2D eigenvalue weighted by atomic mass is 10.0. The molecule has 4 rings (SSSR count). The van der Waals surface area contributed by atoms with E-state index >= 15 is 0 Å². The van der Waals surface area contributed by atoms with Crippen LogP contribution in [-0.4, -0.2) is 28.8 Å². The van der Waals surface area contributed by atoms with Crippen LogP contribution in [0, 0.1) is 0 Å². The molecule has 1 atom stereocenters. The molecule has 0 heterocycles. The van der Waals surface area contributed by atoms with Crippen molar-refractivity contribution in [1.82, 2.24) is 10.2 Å². The van der Waals surface area contributed by atoms with Gasteiger partial charge in [0.1, 0.15) is 6.04 Å². The third kappa shape index (κ3) is 8.03. The Labute approximate surface area is 229 Å². The fourth-order valence-electron chi connectivity index (χ4n) is 5.09. The van der Waals surface area contributed by atoms with Gasteiger partial charge in [-0.05, 0) is 60.1 Å². The van der Waals surface area contributed by atoms with Crippen molar-refractivity contribution in [3.05, 3.63) is 106 Å². The Hall–Kier alpha value is -2.92. The van der Waals surface area contributed by atoms with Gasteiger partial charge in [-0.2, -0.15) is 0 Å². The van der Waals surface area contributed by atoms with Crippen LogP contribution < -0.4 is 5.32 Å². The maximum absolute atomic E-state index is 13.8. The van der Waals surface area contributed by atoms with E-state index in [0.29, 0.717) is 25.8 Å². The van der Waals surface area contributed by atoms with Gasteiger partial charge in [-0.1, -0.05) is 102 Å². The zero-order chi connectivity index (χ0) is 26.0. The number of aryl methyl sites for hydroxylation is 2. The molecular formula is C32H37BrN2O2. The molecule has 37 heavy (non-hydrogen) atoms. The highest BCUT2D eigenvalue weighted by Crippen LogP contribution is 2.22. The maximum Gasteiger partial charge on any atom is 0.243 e. The molecule has 3 aromatic rings. The third-order valence-electron chi connectivity index (χ3n) is 7.27. The summed E-state index contributed by atoms with van der Waals surface area (Å²) in [7, 11) is 0. The fraction of sp³-hybridized carbons (Fsp3) is 0.375. The van der Waals surface area contributed by atoms with Gasteiger partial charge in [0, 0.05) is 29.9 Å². The maximum atomic E-state index is 13.8. The van der Waals surface area contributed by atoms with E-state index in [4.69, 9.17) is 0 Å². The summed E-state index contributed by atoms with van der Waals surface area (Å²) in [5, 5.41) is 3.28. The Morgan fingerprint density at radius 1 is 0.892 bits per heavy atom. The summed E-state index contributed by atoms with van der Waals surface area (Å²) in [6.07, 6.45) is 6.81. The monoisotopic (exact) mass is 560 g/mol. The molecule has 5 heteroatoms. The van der Waals surface area contributed by atoms with E-state index in [9.17, 15) is 9.59 Å². The SMILES string of the molecule is CCc1ccc(CCC(=O)N(Cc2cccc(Br)c2)[C@H](Cc2ccccc2)C(=O)NC2CCCC2)cc1. The standard InChI is InChI=1S/C32H37BrN2O2/c1-2-24-15-17-25(18-16-24)19-20-31(36)35(23-27-11-8-12-28(33)21-27)30(22-26-9-4-3-5-10-26)32(37)34-29-13-6-7-14-29/h3-5,8-12,15-18,21,29-30H,2,6-7,13-14,19-20,22-23H2,1H3,(H,34,37)/t30-/m1/s1. The van der Waals surface area contributed by atoms with Gasteiger partial charge >= 0.3 is 0 Å². The molecule has 0 spiro atoms. The van der Waals surface area contributed by atoms with Gasteiger partial charge in [-0.3, -0.25) is 9.59 Å². The molecule has 1 fully saturated rings. The van der Waals surface area contributed by atoms with Gasteiger partial charge < -0.3 is 10.2 Å². The normalized spacial score (nSPS) is 14.3. The van der Waals surface area contributed by atoms with Crippen LogP contribution in [0.5, 0.6) is 0 Å². The molecule has 0 aromatic heterocycles. The number of benzene rings is 3. The van der Waals surface area contributed by atoms with Crippen LogP contribution in [-0.2, 0) is 35.4 Å². The molecule has 0 radical (unpaired) electrons. The summed E-state index contributed by atoms with van der Waals surface area (Å²) in [5.41, 5.74) is 4.49. The average Bonchev–Trinajstić information content (AvgIpc) is 3.43. The topological polar surface area (TPSA) is 49.4 Å². The van der Waals surface area contributed by atoms with Gasteiger partial charge in [0.25, 0.3) is 0 Å². The molecule has 3 aromatic carbocycles. The molecule has 1 saturated carbocycles. The number of halogens is 1. The summed E-state index contributed by atoms with van der Waals surface area (Å²) in [6.45, 7) is 2.53. The van der Waals surface area contributed by atoms with E-state index in [2.05, 4.69) is 52.4 Å². The average molecular weight is 562 g/mol. The van der Waals surface area contributed by atoms with Gasteiger partial charge in [0.05, 0.1) is 0 Å². The van der Waals surface area contributed by atoms with E-state index in [0.717, 1.165) is 53.3 Å². The summed E-state index contributed by atoms with van der Waals surface area (Å²) in [6, 6.07) is 26.1. The van der Waals surface area contributed by atoms with Crippen LogP contribution in [0.3, 0.4) is 0 Å².